The second-order valence-corrected chi connectivity index (χ2v) is 6.76. The van der Waals surface area contributed by atoms with Crippen molar-refractivity contribution in [2.24, 2.45) is 0 Å². The molecule has 0 bridgehead atoms. The first-order valence-corrected chi connectivity index (χ1v) is 7.80. The predicted octanol–water partition coefficient (Wildman–Crippen LogP) is 3.24. The van der Waals surface area contributed by atoms with E-state index in [9.17, 15) is 14.7 Å². The zero-order valence-corrected chi connectivity index (χ0v) is 11.2. The summed E-state index contributed by atoms with van der Waals surface area (Å²) in [6.45, 7) is 1.63. The minimum Gasteiger partial charge on any atom is -0.333 e. The van der Waals surface area contributed by atoms with Crippen molar-refractivity contribution >= 4 is 24.0 Å². The normalized spacial score (nSPS) is 13.5. The molecule has 1 atom stereocenters. The average molecular weight is 276 g/mol. The topological polar surface area (TPSA) is 72.2 Å². The first kappa shape index (κ1) is 13.3. The van der Waals surface area contributed by atoms with Crippen molar-refractivity contribution in [3.8, 4) is 0 Å². The molecule has 5 nitrogen and oxygen atoms in total. The number of non-ortho nitro benzene ring substituents is 1. The van der Waals surface area contributed by atoms with E-state index in [2.05, 4.69) is 5.09 Å². The Hall–Kier alpha value is -2.13. The van der Waals surface area contributed by atoms with Crippen LogP contribution < -0.4 is 10.4 Å². The van der Waals surface area contributed by atoms with Gasteiger partial charge in [0.05, 0.1) is 4.92 Å². The van der Waals surface area contributed by atoms with E-state index in [1.54, 1.807) is 30.9 Å². The maximum Gasteiger partial charge on any atom is 0.269 e. The Labute approximate surface area is 110 Å². The summed E-state index contributed by atoms with van der Waals surface area (Å²) in [5, 5.41) is 14.2. The molecule has 0 radical (unpaired) electrons. The van der Waals surface area contributed by atoms with Crippen molar-refractivity contribution in [3.63, 3.8) is 0 Å². The van der Waals surface area contributed by atoms with Crippen molar-refractivity contribution < 1.29 is 9.49 Å². The number of benzene rings is 2. The molecule has 0 amide bonds. The van der Waals surface area contributed by atoms with Crippen molar-refractivity contribution in [2.75, 3.05) is 11.8 Å². The summed E-state index contributed by atoms with van der Waals surface area (Å²) in [7, 11) is -2.73. The molecule has 6 heteroatoms. The van der Waals surface area contributed by atoms with Gasteiger partial charge < -0.3 is 5.09 Å². The lowest BCUT2D eigenvalue weighted by molar-refractivity contribution is -0.384. The number of nitro groups is 1. The molecule has 0 aliphatic heterocycles. The fourth-order valence-corrected chi connectivity index (χ4v) is 3.19. The van der Waals surface area contributed by atoms with Gasteiger partial charge >= 0.3 is 0 Å². The Morgan fingerprint density at radius 2 is 1.63 bits per heavy atom. The first-order valence-electron chi connectivity index (χ1n) is 5.65. The molecule has 1 N–H and O–H groups in total. The van der Waals surface area contributed by atoms with Gasteiger partial charge in [-0.05, 0) is 24.3 Å². The zero-order valence-electron chi connectivity index (χ0n) is 10.3. The molecule has 0 aliphatic carbocycles. The monoisotopic (exact) mass is 276 g/mol. The highest BCUT2D eigenvalue weighted by Gasteiger charge is 2.17. The van der Waals surface area contributed by atoms with Crippen LogP contribution in [0.4, 0.5) is 11.4 Å². The summed E-state index contributed by atoms with van der Waals surface area (Å²) in [5.74, 6) is 0. The second kappa shape index (κ2) is 5.24. The Kier molecular flexibility index (Phi) is 3.67. The highest BCUT2D eigenvalue weighted by Crippen LogP contribution is 2.40. The molecule has 0 aromatic heterocycles. The highest BCUT2D eigenvalue weighted by atomic mass is 31.2. The quantitative estimate of drug-likeness (QED) is 0.528. The molecule has 0 heterocycles. The largest absolute Gasteiger partial charge is 0.333 e. The van der Waals surface area contributed by atoms with Crippen LogP contribution in [0.3, 0.4) is 0 Å². The van der Waals surface area contributed by atoms with Crippen LogP contribution in [0.25, 0.3) is 0 Å². The molecule has 1 unspecified atom stereocenters. The lowest BCUT2D eigenvalue weighted by atomic mass is 10.3. The van der Waals surface area contributed by atoms with Gasteiger partial charge in [0.2, 0.25) is 0 Å². The molecular weight excluding hydrogens is 263 g/mol. The summed E-state index contributed by atoms with van der Waals surface area (Å²) < 4.78 is 12.6. The standard InChI is InChI=1S/C13H13N2O3P/c1-19(18,13-5-3-2-4-6-13)14-11-7-9-12(10-8-11)15(16)17/h2-10H,1H3,(H,14,18). The molecule has 0 aliphatic rings. The molecule has 0 fully saturated rings. The van der Waals surface area contributed by atoms with Crippen LogP contribution in [0.1, 0.15) is 0 Å². The predicted molar refractivity (Wildman–Crippen MR) is 76.3 cm³/mol. The summed E-state index contributed by atoms with van der Waals surface area (Å²) in [6, 6.07) is 15.0. The van der Waals surface area contributed by atoms with Crippen molar-refractivity contribution in [1.29, 1.82) is 0 Å². The third-order valence-electron chi connectivity index (χ3n) is 2.67. The van der Waals surface area contributed by atoms with Gasteiger partial charge in [0, 0.05) is 29.8 Å². The summed E-state index contributed by atoms with van der Waals surface area (Å²) in [4.78, 5) is 10.1. The third kappa shape index (κ3) is 3.20. The maximum absolute atomic E-state index is 12.6. The molecule has 2 aromatic carbocycles. The van der Waals surface area contributed by atoms with Crippen LogP contribution in [0.2, 0.25) is 0 Å². The molecule has 0 saturated heterocycles. The van der Waals surface area contributed by atoms with E-state index in [4.69, 9.17) is 0 Å². The van der Waals surface area contributed by atoms with Gasteiger partial charge in [-0.15, -0.1) is 0 Å². The fraction of sp³-hybridized carbons (Fsp3) is 0.0769. The zero-order chi connectivity index (χ0) is 13.9. The number of nitrogens with one attached hydrogen (secondary N) is 1. The van der Waals surface area contributed by atoms with Crippen LogP contribution in [-0.2, 0) is 4.57 Å². The molecular formula is C13H13N2O3P. The number of anilines is 1. The molecule has 2 rings (SSSR count). The minimum atomic E-state index is -2.73. The molecule has 98 valence electrons. The van der Waals surface area contributed by atoms with E-state index in [1.165, 1.54) is 12.1 Å². The first-order chi connectivity index (χ1) is 8.99. The maximum atomic E-state index is 12.6. The van der Waals surface area contributed by atoms with Crippen LogP contribution in [-0.4, -0.2) is 11.6 Å². The van der Waals surface area contributed by atoms with Crippen molar-refractivity contribution in [2.45, 2.75) is 0 Å². The van der Waals surface area contributed by atoms with Crippen molar-refractivity contribution in [1.82, 2.24) is 0 Å². The van der Waals surface area contributed by atoms with E-state index in [1.807, 2.05) is 18.2 Å². The Morgan fingerprint density at radius 3 is 2.16 bits per heavy atom. The van der Waals surface area contributed by atoms with E-state index in [0.717, 1.165) is 0 Å². The Bertz CT molecular complexity index is 626. The van der Waals surface area contributed by atoms with Crippen LogP contribution >= 0.6 is 7.29 Å². The molecule has 0 spiro atoms. The highest BCUT2D eigenvalue weighted by molar-refractivity contribution is 7.72. The number of hydrogen-bond donors (Lipinski definition) is 1. The van der Waals surface area contributed by atoms with E-state index >= 15 is 0 Å². The Balaban J connectivity index is 2.21. The second-order valence-electron chi connectivity index (χ2n) is 4.18. The lowest BCUT2D eigenvalue weighted by Crippen LogP contribution is -2.09. The molecule has 19 heavy (non-hydrogen) atoms. The average Bonchev–Trinajstić information content (AvgIpc) is 2.40. The summed E-state index contributed by atoms with van der Waals surface area (Å²) >= 11 is 0. The van der Waals surface area contributed by atoms with Gasteiger partial charge in [0.15, 0.2) is 7.29 Å². The molecule has 0 saturated carbocycles. The van der Waals surface area contributed by atoms with Gasteiger partial charge in [-0.25, -0.2) is 0 Å². The van der Waals surface area contributed by atoms with Crippen LogP contribution in [0.15, 0.2) is 54.6 Å². The summed E-state index contributed by atoms with van der Waals surface area (Å²) in [5.41, 5.74) is 0.608. The van der Waals surface area contributed by atoms with Gasteiger partial charge in [0.1, 0.15) is 0 Å². The smallest absolute Gasteiger partial charge is 0.269 e. The van der Waals surface area contributed by atoms with Gasteiger partial charge in [-0.3, -0.25) is 14.7 Å². The van der Waals surface area contributed by atoms with Crippen LogP contribution in [0.5, 0.6) is 0 Å². The van der Waals surface area contributed by atoms with E-state index in [-0.39, 0.29) is 5.69 Å². The number of rotatable bonds is 4. The number of hydrogen-bond acceptors (Lipinski definition) is 3. The fourth-order valence-electron chi connectivity index (χ4n) is 1.68. The van der Waals surface area contributed by atoms with E-state index < -0.39 is 12.2 Å². The molecule has 2 aromatic rings. The van der Waals surface area contributed by atoms with Gasteiger partial charge in [-0.2, -0.15) is 0 Å². The minimum absolute atomic E-state index is 0.0104. The van der Waals surface area contributed by atoms with Gasteiger partial charge in [-0.1, -0.05) is 18.2 Å². The number of nitrogens with zero attached hydrogens (tertiary/aromatic N) is 1. The third-order valence-corrected chi connectivity index (χ3v) is 4.64. The SMILES string of the molecule is CP(=O)(Nc1ccc([N+](=O)[O-])cc1)c1ccccc1. The lowest BCUT2D eigenvalue weighted by Gasteiger charge is -2.16. The summed E-state index contributed by atoms with van der Waals surface area (Å²) in [6.07, 6.45) is 0. The number of nitro benzene ring substituents is 1. The Morgan fingerprint density at radius 1 is 1.05 bits per heavy atom. The van der Waals surface area contributed by atoms with Gasteiger partial charge in [0.25, 0.3) is 5.69 Å². The van der Waals surface area contributed by atoms with Crippen LogP contribution in [0, 0.1) is 10.1 Å². The van der Waals surface area contributed by atoms with E-state index in [0.29, 0.717) is 11.0 Å². The van der Waals surface area contributed by atoms with Crippen molar-refractivity contribution in [3.05, 3.63) is 64.7 Å².